The number of hydrogen-bond donors (Lipinski definition) is 4. The van der Waals surface area contributed by atoms with E-state index in [1.807, 2.05) is 0 Å². The average Bonchev–Trinajstić information content (AvgIpc) is 3.14. The number of aromatic nitrogens is 1. The Balaban J connectivity index is 2.03. The lowest BCUT2D eigenvalue weighted by Crippen LogP contribution is -2.64. The molecule has 9 heteroatoms. The molecule has 4 N–H and O–H groups in total. The predicted octanol–water partition coefficient (Wildman–Crippen LogP) is 0.343. The molecule has 0 aliphatic carbocycles. The van der Waals surface area contributed by atoms with Gasteiger partial charge < -0.3 is 15.0 Å². The lowest BCUT2D eigenvalue weighted by atomic mass is 10.1. The zero-order chi connectivity index (χ0) is 19.3. The van der Waals surface area contributed by atoms with Crippen LogP contribution >= 0.6 is 0 Å². The summed E-state index contributed by atoms with van der Waals surface area (Å²) in [6.07, 6.45) is 1.53. The maximum absolute atomic E-state index is 12.7. The summed E-state index contributed by atoms with van der Waals surface area (Å²) >= 11 is 0. The maximum atomic E-state index is 12.7. The van der Waals surface area contributed by atoms with Crippen molar-refractivity contribution in [3.8, 4) is 0 Å². The number of aromatic amines is 1. The molecular weight excluding hydrogens is 341 g/mol. The fourth-order valence-electron chi connectivity index (χ4n) is 2.60. The number of nitrogens with zero attached hydrogens (tertiary/aromatic N) is 2. The second-order valence-corrected chi connectivity index (χ2v) is 6.25. The number of rotatable bonds is 9. The summed E-state index contributed by atoms with van der Waals surface area (Å²) in [5.41, 5.74) is 1.88. The molecule has 1 fully saturated rings. The van der Waals surface area contributed by atoms with Gasteiger partial charge in [-0.3, -0.25) is 19.8 Å². The van der Waals surface area contributed by atoms with E-state index in [1.165, 1.54) is 16.5 Å². The first-order chi connectivity index (χ1) is 12.4. The van der Waals surface area contributed by atoms with Gasteiger partial charge in [0.15, 0.2) is 6.35 Å². The van der Waals surface area contributed by atoms with E-state index < -0.39 is 18.2 Å². The topological polar surface area (TPSA) is 101 Å². The Morgan fingerprint density at radius 3 is 2.81 bits per heavy atom. The highest BCUT2D eigenvalue weighted by Gasteiger charge is 2.34. The first-order valence-electron chi connectivity index (χ1n) is 8.22. The van der Waals surface area contributed by atoms with Gasteiger partial charge in [-0.2, -0.15) is 0 Å². The van der Waals surface area contributed by atoms with Crippen molar-refractivity contribution in [2.75, 3.05) is 19.6 Å². The number of H-pyrrole nitrogens is 1. The van der Waals surface area contributed by atoms with Crippen molar-refractivity contribution in [1.82, 2.24) is 25.6 Å². The zero-order valence-corrected chi connectivity index (χ0v) is 14.6. The second-order valence-electron chi connectivity index (χ2n) is 6.25. The van der Waals surface area contributed by atoms with Crippen LogP contribution < -0.4 is 10.9 Å². The standard InChI is InChI=1S/C17H24FN5O3/c1-4-15(24)22-9-13(10-22)20-17(26)23(8-11(2)12(3)21-18)16(25)14-6-5-7-19-14/h4-7,11,13,17,19-21,26H,1,3,8-10H2,2H3. The Morgan fingerprint density at radius 1 is 1.58 bits per heavy atom. The van der Waals surface area contributed by atoms with Crippen LogP contribution in [-0.4, -0.2) is 63.7 Å². The van der Waals surface area contributed by atoms with Gasteiger partial charge in [0.2, 0.25) is 5.91 Å². The summed E-state index contributed by atoms with van der Waals surface area (Å²) in [4.78, 5) is 29.7. The van der Waals surface area contributed by atoms with Gasteiger partial charge in [0.1, 0.15) is 5.69 Å². The van der Waals surface area contributed by atoms with Crippen molar-refractivity contribution in [2.45, 2.75) is 19.3 Å². The van der Waals surface area contributed by atoms with Crippen molar-refractivity contribution in [3.63, 3.8) is 0 Å². The van der Waals surface area contributed by atoms with Crippen LogP contribution in [0.15, 0.2) is 43.3 Å². The lowest BCUT2D eigenvalue weighted by molar-refractivity contribution is -0.132. The molecule has 2 atom stereocenters. The highest BCUT2D eigenvalue weighted by molar-refractivity contribution is 5.92. The van der Waals surface area contributed by atoms with E-state index in [0.29, 0.717) is 18.8 Å². The van der Waals surface area contributed by atoms with E-state index >= 15 is 0 Å². The number of halogens is 1. The number of aliphatic hydroxyl groups excluding tert-OH is 1. The minimum atomic E-state index is -1.30. The number of hydrogen-bond acceptors (Lipinski definition) is 5. The summed E-state index contributed by atoms with van der Waals surface area (Å²) in [6.45, 7) is 9.51. The average molecular weight is 365 g/mol. The molecule has 2 amide bonds. The summed E-state index contributed by atoms with van der Waals surface area (Å²) in [5.74, 6) is -1.06. The third-order valence-electron chi connectivity index (χ3n) is 4.32. The van der Waals surface area contributed by atoms with E-state index in [0.717, 1.165) is 0 Å². The number of amides is 2. The maximum Gasteiger partial charge on any atom is 0.273 e. The monoisotopic (exact) mass is 365 g/mol. The molecule has 1 aromatic heterocycles. The third-order valence-corrected chi connectivity index (χ3v) is 4.32. The van der Waals surface area contributed by atoms with Crippen LogP contribution in [0.5, 0.6) is 0 Å². The van der Waals surface area contributed by atoms with Crippen LogP contribution in [0.1, 0.15) is 17.4 Å². The van der Waals surface area contributed by atoms with Gasteiger partial charge in [0, 0.05) is 43.5 Å². The summed E-state index contributed by atoms with van der Waals surface area (Å²) < 4.78 is 12.6. The fraction of sp³-hybridized carbons (Fsp3) is 0.412. The Bertz CT molecular complexity index is 657. The minimum Gasteiger partial charge on any atom is -0.361 e. The van der Waals surface area contributed by atoms with Crippen molar-refractivity contribution in [3.05, 3.63) is 49.0 Å². The van der Waals surface area contributed by atoms with Gasteiger partial charge in [-0.15, -0.1) is 4.48 Å². The van der Waals surface area contributed by atoms with Crippen molar-refractivity contribution in [1.29, 1.82) is 0 Å². The molecule has 1 aliphatic rings. The van der Waals surface area contributed by atoms with Crippen LogP contribution in [0, 0.1) is 5.92 Å². The number of carbonyl (C=O) groups excluding carboxylic acids is 2. The smallest absolute Gasteiger partial charge is 0.273 e. The largest absolute Gasteiger partial charge is 0.361 e. The van der Waals surface area contributed by atoms with E-state index in [9.17, 15) is 19.2 Å². The number of nitrogens with one attached hydrogen (secondary N) is 3. The van der Waals surface area contributed by atoms with Gasteiger partial charge in [-0.25, -0.2) is 5.54 Å². The van der Waals surface area contributed by atoms with Crippen LogP contribution in [0.3, 0.4) is 0 Å². The molecule has 8 nitrogen and oxygen atoms in total. The SMILES string of the molecule is C=CC(=O)N1CC(NC(O)N(CC(C)C(=C)NF)C(=O)c2ccc[nH]2)C1. The van der Waals surface area contributed by atoms with Gasteiger partial charge in [0.25, 0.3) is 5.91 Å². The second kappa shape index (κ2) is 8.63. The molecule has 0 spiro atoms. The summed E-state index contributed by atoms with van der Waals surface area (Å²) in [6, 6.07) is 3.09. The minimum absolute atomic E-state index is 0.0454. The molecule has 1 aliphatic heterocycles. The third kappa shape index (κ3) is 4.50. The Hall–Kier alpha value is -2.65. The van der Waals surface area contributed by atoms with Crippen molar-refractivity contribution < 1.29 is 19.2 Å². The highest BCUT2D eigenvalue weighted by atomic mass is 19.2. The lowest BCUT2D eigenvalue weighted by Gasteiger charge is -2.42. The van der Waals surface area contributed by atoms with E-state index in [2.05, 4.69) is 23.5 Å². The normalized spacial score (nSPS) is 16.3. The van der Waals surface area contributed by atoms with Crippen LogP contribution in [-0.2, 0) is 4.79 Å². The first kappa shape index (κ1) is 19.7. The van der Waals surface area contributed by atoms with Crippen LogP contribution in [0.4, 0.5) is 4.48 Å². The Morgan fingerprint density at radius 2 is 2.27 bits per heavy atom. The molecular formula is C17H24FN5O3. The number of aliphatic hydroxyl groups is 1. The molecule has 0 aromatic carbocycles. The first-order valence-corrected chi connectivity index (χ1v) is 8.22. The molecule has 2 rings (SSSR count). The van der Waals surface area contributed by atoms with Gasteiger partial charge in [-0.05, 0) is 18.2 Å². The van der Waals surface area contributed by atoms with Crippen molar-refractivity contribution >= 4 is 11.8 Å². The van der Waals surface area contributed by atoms with Crippen LogP contribution in [0.2, 0.25) is 0 Å². The van der Waals surface area contributed by atoms with Crippen LogP contribution in [0.25, 0.3) is 0 Å². The Kier molecular flexibility index (Phi) is 6.53. The van der Waals surface area contributed by atoms with Gasteiger partial charge >= 0.3 is 0 Å². The molecule has 1 aromatic rings. The quantitative estimate of drug-likeness (QED) is 0.287. The molecule has 0 bridgehead atoms. The molecule has 2 unspecified atom stereocenters. The number of carbonyl (C=O) groups is 2. The molecule has 26 heavy (non-hydrogen) atoms. The summed E-state index contributed by atoms with van der Waals surface area (Å²) in [7, 11) is 0. The Labute approximate surface area is 151 Å². The predicted molar refractivity (Wildman–Crippen MR) is 94.1 cm³/mol. The molecule has 2 heterocycles. The highest BCUT2D eigenvalue weighted by Crippen LogP contribution is 2.15. The van der Waals surface area contributed by atoms with E-state index in [1.54, 1.807) is 30.2 Å². The number of likely N-dealkylation sites (tertiary alicyclic amines) is 1. The van der Waals surface area contributed by atoms with Crippen molar-refractivity contribution in [2.24, 2.45) is 5.92 Å². The fourth-order valence-corrected chi connectivity index (χ4v) is 2.60. The molecule has 142 valence electrons. The molecule has 1 saturated heterocycles. The van der Waals surface area contributed by atoms with E-state index in [-0.39, 0.29) is 24.2 Å². The molecule has 0 saturated carbocycles. The zero-order valence-electron chi connectivity index (χ0n) is 14.6. The van der Waals surface area contributed by atoms with Gasteiger partial charge in [0.05, 0.1) is 0 Å². The molecule has 0 radical (unpaired) electrons. The van der Waals surface area contributed by atoms with Gasteiger partial charge in [-0.1, -0.05) is 20.1 Å². The summed E-state index contributed by atoms with van der Waals surface area (Å²) in [5, 5.41) is 13.4. The van der Waals surface area contributed by atoms with E-state index in [4.69, 9.17) is 0 Å².